The summed E-state index contributed by atoms with van der Waals surface area (Å²) in [6.45, 7) is 2.35. The van der Waals surface area contributed by atoms with Gasteiger partial charge >= 0.3 is 0 Å². The number of rotatable bonds is 3. The molecule has 2 aromatic rings. The molecule has 0 aromatic carbocycles. The van der Waals surface area contributed by atoms with Crippen molar-refractivity contribution in [3.05, 3.63) is 34.0 Å². The van der Waals surface area contributed by atoms with Crippen LogP contribution in [0.1, 0.15) is 22.0 Å². The van der Waals surface area contributed by atoms with Crippen LogP contribution in [0.5, 0.6) is 0 Å². The van der Waals surface area contributed by atoms with Gasteiger partial charge in [-0.1, -0.05) is 0 Å². The van der Waals surface area contributed by atoms with E-state index >= 15 is 0 Å². The smallest absolute Gasteiger partial charge is 0.293 e. The van der Waals surface area contributed by atoms with E-state index < -0.39 is 0 Å². The van der Waals surface area contributed by atoms with Crippen LogP contribution in [0.4, 0.5) is 0 Å². The van der Waals surface area contributed by atoms with Crippen molar-refractivity contribution in [1.82, 2.24) is 20.1 Å². The molecular formula is C10H12N4OS. The third-order valence-electron chi connectivity index (χ3n) is 2.14. The van der Waals surface area contributed by atoms with Crippen molar-refractivity contribution >= 4 is 17.2 Å². The maximum Gasteiger partial charge on any atom is 0.293 e. The summed E-state index contributed by atoms with van der Waals surface area (Å²) in [7, 11) is 1.74. The van der Waals surface area contributed by atoms with Gasteiger partial charge in [0.2, 0.25) is 5.82 Å². The van der Waals surface area contributed by atoms with Crippen LogP contribution in [0.25, 0.3) is 0 Å². The summed E-state index contributed by atoms with van der Waals surface area (Å²) in [5.74, 6) is 0.693. The third-order valence-corrected chi connectivity index (χ3v) is 2.87. The summed E-state index contributed by atoms with van der Waals surface area (Å²) in [6, 6.07) is 2.00. The lowest BCUT2D eigenvalue weighted by Crippen LogP contribution is -2.27. The summed E-state index contributed by atoms with van der Waals surface area (Å²) in [4.78, 5) is 17.5. The second-order valence-corrected chi connectivity index (χ2v) is 4.32. The van der Waals surface area contributed by atoms with Crippen molar-refractivity contribution < 1.29 is 4.79 Å². The first-order valence-corrected chi connectivity index (χ1v) is 5.76. The molecule has 2 aromatic heterocycles. The van der Waals surface area contributed by atoms with Crippen molar-refractivity contribution in [2.24, 2.45) is 0 Å². The fourth-order valence-electron chi connectivity index (χ4n) is 1.34. The number of aromatic amines is 1. The number of amides is 1. The molecule has 1 N–H and O–H groups in total. The predicted octanol–water partition coefficient (Wildman–Crippen LogP) is 1.45. The molecule has 0 aliphatic carbocycles. The van der Waals surface area contributed by atoms with Crippen LogP contribution >= 0.6 is 11.3 Å². The van der Waals surface area contributed by atoms with Crippen LogP contribution < -0.4 is 0 Å². The number of H-pyrrole nitrogens is 1. The van der Waals surface area contributed by atoms with E-state index in [4.69, 9.17) is 0 Å². The molecule has 84 valence electrons. The van der Waals surface area contributed by atoms with Gasteiger partial charge in [0.15, 0.2) is 0 Å². The Hall–Kier alpha value is -1.69. The van der Waals surface area contributed by atoms with Gasteiger partial charge in [-0.2, -0.15) is 11.3 Å². The fourth-order valence-corrected chi connectivity index (χ4v) is 2.00. The van der Waals surface area contributed by atoms with E-state index in [0.717, 1.165) is 5.56 Å². The Kier molecular flexibility index (Phi) is 3.00. The van der Waals surface area contributed by atoms with Crippen molar-refractivity contribution in [3.63, 3.8) is 0 Å². The molecule has 5 nitrogen and oxygen atoms in total. The van der Waals surface area contributed by atoms with Crippen molar-refractivity contribution in [2.75, 3.05) is 7.05 Å². The maximum absolute atomic E-state index is 11.9. The normalized spacial score (nSPS) is 10.4. The molecule has 0 aliphatic heterocycles. The first kappa shape index (κ1) is 10.8. The van der Waals surface area contributed by atoms with Crippen molar-refractivity contribution in [1.29, 1.82) is 0 Å². The highest BCUT2D eigenvalue weighted by molar-refractivity contribution is 7.07. The quantitative estimate of drug-likeness (QED) is 0.877. The van der Waals surface area contributed by atoms with Gasteiger partial charge in [-0.3, -0.25) is 9.89 Å². The van der Waals surface area contributed by atoms with Gasteiger partial charge in [-0.15, -0.1) is 5.10 Å². The molecule has 0 spiro atoms. The number of nitrogens with zero attached hydrogens (tertiary/aromatic N) is 3. The lowest BCUT2D eigenvalue weighted by molar-refractivity contribution is 0.0773. The molecule has 2 heterocycles. The molecular weight excluding hydrogens is 224 g/mol. The summed E-state index contributed by atoms with van der Waals surface area (Å²) >= 11 is 1.62. The number of aryl methyl sites for hydroxylation is 1. The maximum atomic E-state index is 11.9. The van der Waals surface area contributed by atoms with Crippen LogP contribution in [0.15, 0.2) is 16.8 Å². The van der Waals surface area contributed by atoms with E-state index in [2.05, 4.69) is 15.2 Å². The van der Waals surface area contributed by atoms with Crippen molar-refractivity contribution in [3.8, 4) is 0 Å². The number of carbonyl (C=O) groups excluding carboxylic acids is 1. The zero-order chi connectivity index (χ0) is 11.5. The Bertz CT molecular complexity index is 477. The van der Waals surface area contributed by atoms with E-state index in [1.165, 1.54) is 0 Å². The SMILES string of the molecule is Cc1nc(C(=O)N(C)Cc2ccsc2)n[nH]1. The Morgan fingerprint density at radius 1 is 1.62 bits per heavy atom. The van der Waals surface area contributed by atoms with Crippen LogP contribution in [-0.4, -0.2) is 33.0 Å². The minimum Gasteiger partial charge on any atom is -0.335 e. The van der Waals surface area contributed by atoms with Crippen LogP contribution in [0.2, 0.25) is 0 Å². The van der Waals surface area contributed by atoms with E-state index in [1.807, 2.05) is 16.8 Å². The highest BCUT2D eigenvalue weighted by atomic mass is 32.1. The number of hydrogen-bond acceptors (Lipinski definition) is 4. The third kappa shape index (κ3) is 2.27. The van der Waals surface area contributed by atoms with E-state index in [0.29, 0.717) is 12.4 Å². The Morgan fingerprint density at radius 3 is 3.00 bits per heavy atom. The average molecular weight is 236 g/mol. The van der Waals surface area contributed by atoms with Gasteiger partial charge < -0.3 is 4.90 Å². The Balaban J connectivity index is 2.05. The molecule has 0 saturated carbocycles. The monoisotopic (exact) mass is 236 g/mol. The number of thiophene rings is 1. The largest absolute Gasteiger partial charge is 0.335 e. The lowest BCUT2D eigenvalue weighted by atomic mass is 10.3. The molecule has 6 heteroatoms. The van der Waals surface area contributed by atoms with Gasteiger partial charge in [0.05, 0.1) is 0 Å². The predicted molar refractivity (Wildman–Crippen MR) is 61.2 cm³/mol. The molecule has 0 unspecified atom stereocenters. The molecule has 0 bridgehead atoms. The second kappa shape index (κ2) is 4.44. The van der Waals surface area contributed by atoms with Gasteiger partial charge in [-0.05, 0) is 29.3 Å². The molecule has 16 heavy (non-hydrogen) atoms. The van der Waals surface area contributed by atoms with Gasteiger partial charge in [0, 0.05) is 13.6 Å². The summed E-state index contributed by atoms with van der Waals surface area (Å²) in [6.07, 6.45) is 0. The van der Waals surface area contributed by atoms with E-state index in [1.54, 1.807) is 30.2 Å². The van der Waals surface area contributed by atoms with Gasteiger partial charge in [0.25, 0.3) is 5.91 Å². The summed E-state index contributed by atoms with van der Waals surface area (Å²) < 4.78 is 0. The molecule has 2 rings (SSSR count). The molecule has 0 aliphatic rings. The molecule has 0 atom stereocenters. The van der Waals surface area contributed by atoms with Gasteiger partial charge in [-0.25, -0.2) is 4.98 Å². The zero-order valence-electron chi connectivity index (χ0n) is 9.10. The van der Waals surface area contributed by atoms with Crippen molar-refractivity contribution in [2.45, 2.75) is 13.5 Å². The van der Waals surface area contributed by atoms with Crippen LogP contribution in [0.3, 0.4) is 0 Å². The topological polar surface area (TPSA) is 61.9 Å². The number of aromatic nitrogens is 3. The molecule has 0 saturated heterocycles. The number of carbonyl (C=O) groups is 1. The second-order valence-electron chi connectivity index (χ2n) is 3.54. The lowest BCUT2D eigenvalue weighted by Gasteiger charge is -2.13. The number of hydrogen-bond donors (Lipinski definition) is 1. The minimum absolute atomic E-state index is 0.171. The van der Waals surface area contributed by atoms with E-state index in [-0.39, 0.29) is 11.7 Å². The standard InChI is InChI=1S/C10H12N4OS/c1-7-11-9(13-12-7)10(15)14(2)5-8-3-4-16-6-8/h3-4,6H,5H2,1-2H3,(H,11,12,13). The molecule has 0 radical (unpaired) electrons. The highest BCUT2D eigenvalue weighted by Crippen LogP contribution is 2.09. The summed E-state index contributed by atoms with van der Waals surface area (Å²) in [5, 5.41) is 10.5. The van der Waals surface area contributed by atoms with Crippen LogP contribution in [-0.2, 0) is 6.54 Å². The molecule has 1 amide bonds. The zero-order valence-corrected chi connectivity index (χ0v) is 9.91. The fraction of sp³-hybridized carbons (Fsp3) is 0.300. The van der Waals surface area contributed by atoms with Gasteiger partial charge in [0.1, 0.15) is 5.82 Å². The first-order valence-electron chi connectivity index (χ1n) is 4.82. The Morgan fingerprint density at radius 2 is 2.44 bits per heavy atom. The average Bonchev–Trinajstić information content (AvgIpc) is 2.88. The van der Waals surface area contributed by atoms with Crippen LogP contribution in [0, 0.1) is 6.92 Å². The summed E-state index contributed by atoms with van der Waals surface area (Å²) in [5.41, 5.74) is 1.12. The van der Waals surface area contributed by atoms with E-state index in [9.17, 15) is 4.79 Å². The molecule has 0 fully saturated rings. The minimum atomic E-state index is -0.171. The first-order chi connectivity index (χ1) is 7.66. The number of nitrogens with one attached hydrogen (secondary N) is 1. The highest BCUT2D eigenvalue weighted by Gasteiger charge is 2.16. The Labute approximate surface area is 97.1 Å².